The van der Waals surface area contributed by atoms with Gasteiger partial charge in [-0.15, -0.1) is 0 Å². The van der Waals surface area contributed by atoms with Gasteiger partial charge in [-0.2, -0.15) is 0 Å². The second-order valence-corrected chi connectivity index (χ2v) is 5.63. The van der Waals surface area contributed by atoms with Crippen LogP contribution in [0.25, 0.3) is 0 Å². The molecule has 0 saturated heterocycles. The second-order valence-electron chi connectivity index (χ2n) is 5.63. The Morgan fingerprint density at radius 1 is 1.38 bits per heavy atom. The molecule has 0 aromatic carbocycles. The minimum Gasteiger partial charge on any atom is -0.481 e. The maximum absolute atomic E-state index is 10.7. The molecular formula is C11H24NO4+. The molecule has 0 aromatic rings. The number of hydrogen-bond acceptors (Lipinski definition) is 3. The first-order valence-corrected chi connectivity index (χ1v) is 5.47. The number of carbonyl (C=O) groups is 1. The fraction of sp³-hybridized carbons (Fsp3) is 0.909. The number of aliphatic hydroxyl groups excluding tert-OH is 1. The summed E-state index contributed by atoms with van der Waals surface area (Å²) in [6, 6.07) is 0. The average Bonchev–Trinajstić information content (AvgIpc) is 1.95. The molecule has 0 aliphatic heterocycles. The van der Waals surface area contributed by atoms with Gasteiger partial charge in [0.05, 0.1) is 33.7 Å². The van der Waals surface area contributed by atoms with Crippen molar-refractivity contribution in [2.24, 2.45) is 0 Å². The summed E-state index contributed by atoms with van der Waals surface area (Å²) in [4.78, 5) is 10.7. The highest BCUT2D eigenvalue weighted by molar-refractivity contribution is 5.68. The van der Waals surface area contributed by atoms with Crippen molar-refractivity contribution in [2.75, 3.05) is 27.7 Å². The lowest BCUT2D eigenvalue weighted by Crippen LogP contribution is -2.50. The second kappa shape index (κ2) is 5.61. The van der Waals surface area contributed by atoms with Crippen molar-refractivity contribution < 1.29 is 24.6 Å². The zero-order valence-electron chi connectivity index (χ0n) is 10.6. The molecule has 0 heterocycles. The van der Waals surface area contributed by atoms with Gasteiger partial charge in [0.2, 0.25) is 0 Å². The third kappa shape index (κ3) is 7.62. The van der Waals surface area contributed by atoms with Crippen LogP contribution >= 0.6 is 0 Å². The Bertz CT molecular complexity index is 235. The van der Waals surface area contributed by atoms with Crippen molar-refractivity contribution in [1.29, 1.82) is 0 Å². The summed E-state index contributed by atoms with van der Waals surface area (Å²) in [6.45, 7) is 1.99. The van der Waals surface area contributed by atoms with E-state index >= 15 is 0 Å². The molecule has 96 valence electrons. The maximum atomic E-state index is 10.7. The summed E-state index contributed by atoms with van der Waals surface area (Å²) in [5.74, 6) is -1.01. The largest absolute Gasteiger partial charge is 0.481 e. The number of likely N-dealkylation sites (N-methyl/N-ethyl adjacent to an activating group) is 1. The lowest BCUT2D eigenvalue weighted by molar-refractivity contribution is -0.877. The molecule has 2 atom stereocenters. The Balaban J connectivity index is 4.54. The van der Waals surface area contributed by atoms with Crippen LogP contribution in [0.1, 0.15) is 26.2 Å². The van der Waals surface area contributed by atoms with Crippen molar-refractivity contribution in [3.63, 3.8) is 0 Å². The summed E-state index contributed by atoms with van der Waals surface area (Å²) in [5, 5.41) is 28.2. The Morgan fingerprint density at radius 2 is 1.88 bits per heavy atom. The van der Waals surface area contributed by atoms with Gasteiger partial charge < -0.3 is 19.8 Å². The fourth-order valence-electron chi connectivity index (χ4n) is 1.87. The first-order valence-electron chi connectivity index (χ1n) is 5.47. The van der Waals surface area contributed by atoms with E-state index in [0.29, 0.717) is 23.9 Å². The number of carboxylic acids is 1. The summed E-state index contributed by atoms with van der Waals surface area (Å²) >= 11 is 0. The highest BCUT2D eigenvalue weighted by Crippen LogP contribution is 2.21. The van der Waals surface area contributed by atoms with Gasteiger partial charge in [-0.1, -0.05) is 0 Å². The van der Waals surface area contributed by atoms with Crippen LogP contribution in [-0.2, 0) is 4.79 Å². The van der Waals surface area contributed by atoms with Crippen LogP contribution in [0.2, 0.25) is 0 Å². The number of rotatable bonds is 7. The average molecular weight is 234 g/mol. The van der Waals surface area contributed by atoms with Crippen LogP contribution in [0, 0.1) is 0 Å². The van der Waals surface area contributed by atoms with E-state index in [1.165, 1.54) is 0 Å². The molecule has 0 rings (SSSR count). The molecule has 0 fully saturated rings. The molecule has 0 aliphatic rings. The first-order chi connectivity index (χ1) is 7.04. The lowest BCUT2D eigenvalue weighted by atomic mass is 9.91. The van der Waals surface area contributed by atoms with Crippen LogP contribution in [-0.4, -0.2) is 65.2 Å². The van der Waals surface area contributed by atoms with Gasteiger partial charge in [-0.25, -0.2) is 0 Å². The number of aliphatic carboxylic acids is 1. The lowest BCUT2D eigenvalue weighted by Gasteiger charge is -2.35. The predicted molar refractivity (Wildman–Crippen MR) is 61.0 cm³/mol. The molecule has 0 spiro atoms. The summed E-state index contributed by atoms with van der Waals surface area (Å²) in [5.41, 5.74) is -1.25. The van der Waals surface area contributed by atoms with Gasteiger partial charge in [0.1, 0.15) is 12.1 Å². The van der Waals surface area contributed by atoms with Crippen LogP contribution in [0.3, 0.4) is 0 Å². The Hall–Kier alpha value is -0.650. The van der Waals surface area contributed by atoms with Crippen molar-refractivity contribution >= 4 is 5.97 Å². The van der Waals surface area contributed by atoms with Gasteiger partial charge in [-0.3, -0.25) is 4.79 Å². The van der Waals surface area contributed by atoms with Gasteiger partial charge in [0.25, 0.3) is 0 Å². The maximum Gasteiger partial charge on any atom is 0.306 e. The fourth-order valence-corrected chi connectivity index (χ4v) is 1.87. The summed E-state index contributed by atoms with van der Waals surface area (Å²) in [7, 11) is 5.69. The zero-order chi connectivity index (χ0) is 13.0. The number of carboxylic acid groups (broad SMARTS) is 1. The third-order valence-corrected chi connectivity index (χ3v) is 2.28. The van der Waals surface area contributed by atoms with Gasteiger partial charge in [-0.05, 0) is 19.8 Å². The molecule has 0 saturated carbocycles. The summed E-state index contributed by atoms with van der Waals surface area (Å²) in [6.07, 6.45) is -0.0984. The highest BCUT2D eigenvalue weighted by Gasteiger charge is 2.35. The minimum atomic E-state index is -1.25. The Kier molecular flexibility index (Phi) is 5.38. The van der Waals surface area contributed by atoms with E-state index in [-0.39, 0.29) is 6.42 Å². The monoisotopic (exact) mass is 234 g/mol. The molecule has 0 aliphatic carbocycles. The molecule has 16 heavy (non-hydrogen) atoms. The van der Waals surface area contributed by atoms with E-state index < -0.39 is 17.7 Å². The van der Waals surface area contributed by atoms with Crippen LogP contribution < -0.4 is 0 Å². The van der Waals surface area contributed by atoms with Crippen LogP contribution in [0.5, 0.6) is 0 Å². The van der Waals surface area contributed by atoms with Gasteiger partial charge >= 0.3 is 5.97 Å². The number of aliphatic hydroxyl groups is 2. The normalized spacial score (nSPS) is 17.9. The predicted octanol–water partition coefficient (Wildman–Crippen LogP) is 0.0594. The molecule has 0 radical (unpaired) electrons. The number of quaternary nitrogens is 1. The SMILES string of the molecule is CC(O)CCC(O)(CC(=O)O)C[N+](C)(C)C. The topological polar surface area (TPSA) is 77.8 Å². The minimum absolute atomic E-state index is 0.283. The summed E-state index contributed by atoms with van der Waals surface area (Å²) < 4.78 is 0.490. The number of hydrogen-bond donors (Lipinski definition) is 3. The van der Waals surface area contributed by atoms with Crippen LogP contribution in [0.4, 0.5) is 0 Å². The quantitative estimate of drug-likeness (QED) is 0.544. The smallest absolute Gasteiger partial charge is 0.306 e. The van der Waals surface area contributed by atoms with Crippen molar-refractivity contribution in [3.8, 4) is 0 Å². The van der Waals surface area contributed by atoms with E-state index in [4.69, 9.17) is 5.11 Å². The van der Waals surface area contributed by atoms with Gasteiger partial charge in [0, 0.05) is 0 Å². The molecule has 0 aromatic heterocycles. The molecule has 2 unspecified atom stereocenters. The van der Waals surface area contributed by atoms with E-state index in [0.717, 1.165) is 0 Å². The van der Waals surface area contributed by atoms with Crippen molar-refractivity contribution in [1.82, 2.24) is 0 Å². The highest BCUT2D eigenvalue weighted by atomic mass is 16.4. The van der Waals surface area contributed by atoms with E-state index in [1.54, 1.807) is 6.92 Å². The van der Waals surface area contributed by atoms with E-state index in [2.05, 4.69) is 0 Å². The molecular weight excluding hydrogens is 210 g/mol. The van der Waals surface area contributed by atoms with Crippen LogP contribution in [0.15, 0.2) is 0 Å². The standard InChI is InChI=1S/C11H23NO4/c1-9(13)5-6-11(16,7-10(14)15)8-12(2,3)4/h9,13,16H,5-8H2,1-4H3/p+1. The van der Waals surface area contributed by atoms with Gasteiger partial charge in [0.15, 0.2) is 0 Å². The van der Waals surface area contributed by atoms with E-state index in [1.807, 2.05) is 21.1 Å². The Morgan fingerprint density at radius 3 is 2.19 bits per heavy atom. The molecule has 0 amide bonds. The Labute approximate surface area is 96.9 Å². The third-order valence-electron chi connectivity index (χ3n) is 2.28. The van der Waals surface area contributed by atoms with Crippen molar-refractivity contribution in [2.45, 2.75) is 37.9 Å². The van der Waals surface area contributed by atoms with Crippen molar-refractivity contribution in [3.05, 3.63) is 0 Å². The molecule has 5 nitrogen and oxygen atoms in total. The molecule has 0 bridgehead atoms. The number of nitrogens with zero attached hydrogens (tertiary/aromatic N) is 1. The van der Waals surface area contributed by atoms with E-state index in [9.17, 15) is 15.0 Å². The molecule has 3 N–H and O–H groups in total. The first kappa shape index (κ1) is 15.3. The molecule has 5 heteroatoms. The zero-order valence-corrected chi connectivity index (χ0v) is 10.6.